The van der Waals surface area contributed by atoms with Crippen molar-refractivity contribution >= 4 is 16.5 Å². The van der Waals surface area contributed by atoms with Crippen molar-refractivity contribution in [1.82, 2.24) is 5.43 Å². The average Bonchev–Trinajstić information content (AvgIpc) is 2.62. The van der Waals surface area contributed by atoms with Crippen LogP contribution in [-0.4, -0.2) is 5.11 Å². The number of phenolic OH excluding ortho intramolecular Hbond substituents is 1. The molecule has 0 aliphatic carbocycles. The number of benzene rings is 3. The van der Waals surface area contributed by atoms with E-state index in [9.17, 15) is 5.11 Å². The van der Waals surface area contributed by atoms with E-state index in [1.54, 1.807) is 12.1 Å². The molecule has 0 fully saturated rings. The van der Waals surface area contributed by atoms with Crippen molar-refractivity contribution < 1.29 is 5.11 Å². The Morgan fingerprint density at radius 1 is 0.917 bits per heavy atom. The number of nitrogens with one attached hydrogen (secondary N) is 1. The molecule has 0 atom stereocenters. The fraction of sp³-hybridized carbons (Fsp3) is 0. The molecular formula is C19H16N4O. The molecule has 0 amide bonds. The number of phenols is 1. The minimum Gasteiger partial charge on any atom is -0.508 e. The highest BCUT2D eigenvalue weighted by atomic mass is 16.3. The molecule has 5 nitrogen and oxygen atoms in total. The Hall–Kier alpha value is -3.49. The SMILES string of the molecule is N#C/C(NN)=C(/N)c1ccc(-c2ccc3cc(O)ccc3c2)cc1. The standard InChI is InChI=1S/C19H16N4O/c20-11-18(23-22)19(21)13-3-1-12(2-4-13)14-5-6-16-10-17(24)8-7-15(16)9-14/h1-10,23-24H,21-22H2/b19-18-. The number of hydrogen-bond donors (Lipinski definition) is 4. The van der Waals surface area contributed by atoms with Crippen molar-refractivity contribution in [2.45, 2.75) is 0 Å². The van der Waals surface area contributed by atoms with Crippen LogP contribution in [0.3, 0.4) is 0 Å². The normalized spacial score (nSPS) is 11.7. The highest BCUT2D eigenvalue weighted by molar-refractivity contribution is 5.88. The van der Waals surface area contributed by atoms with Gasteiger partial charge in [-0.2, -0.15) is 5.26 Å². The number of aromatic hydroxyl groups is 1. The Morgan fingerprint density at radius 3 is 2.21 bits per heavy atom. The van der Waals surface area contributed by atoms with Gasteiger partial charge in [0.2, 0.25) is 0 Å². The molecule has 24 heavy (non-hydrogen) atoms. The van der Waals surface area contributed by atoms with Crippen molar-refractivity contribution in [3.8, 4) is 22.9 Å². The van der Waals surface area contributed by atoms with Gasteiger partial charge in [-0.3, -0.25) is 0 Å². The number of fused-ring (bicyclic) bond motifs is 1. The van der Waals surface area contributed by atoms with Gasteiger partial charge < -0.3 is 16.3 Å². The second kappa shape index (κ2) is 6.32. The molecular weight excluding hydrogens is 300 g/mol. The fourth-order valence-electron chi connectivity index (χ4n) is 2.57. The molecule has 0 bridgehead atoms. The maximum absolute atomic E-state index is 9.53. The van der Waals surface area contributed by atoms with Crippen LogP contribution in [0.4, 0.5) is 0 Å². The van der Waals surface area contributed by atoms with E-state index in [1.165, 1.54) is 0 Å². The first-order valence-corrected chi connectivity index (χ1v) is 7.32. The highest BCUT2D eigenvalue weighted by Gasteiger charge is 2.06. The first kappa shape index (κ1) is 15.4. The number of nitriles is 1. The van der Waals surface area contributed by atoms with Gasteiger partial charge in [0.15, 0.2) is 5.70 Å². The Kier molecular flexibility index (Phi) is 4.06. The third-order valence-electron chi connectivity index (χ3n) is 3.88. The van der Waals surface area contributed by atoms with E-state index < -0.39 is 0 Å². The second-order valence-corrected chi connectivity index (χ2v) is 5.37. The van der Waals surface area contributed by atoms with Gasteiger partial charge in [-0.1, -0.05) is 42.5 Å². The molecule has 0 spiro atoms. The molecule has 3 rings (SSSR count). The van der Waals surface area contributed by atoms with Crippen LogP contribution in [0, 0.1) is 11.3 Å². The fourth-order valence-corrected chi connectivity index (χ4v) is 2.57. The van der Waals surface area contributed by atoms with Crippen LogP contribution in [0.5, 0.6) is 5.75 Å². The maximum atomic E-state index is 9.53. The number of nitrogens with two attached hydrogens (primary N) is 2. The zero-order valence-corrected chi connectivity index (χ0v) is 12.8. The number of rotatable bonds is 3. The van der Waals surface area contributed by atoms with Gasteiger partial charge in [0, 0.05) is 5.56 Å². The summed E-state index contributed by atoms with van der Waals surface area (Å²) >= 11 is 0. The van der Waals surface area contributed by atoms with Crippen molar-refractivity contribution in [2.24, 2.45) is 11.6 Å². The molecule has 118 valence electrons. The molecule has 0 aromatic heterocycles. The number of nitrogens with zero attached hydrogens (tertiary/aromatic N) is 1. The van der Waals surface area contributed by atoms with E-state index in [0.717, 1.165) is 27.5 Å². The van der Waals surface area contributed by atoms with Gasteiger partial charge in [0.25, 0.3) is 0 Å². The number of hydrogen-bond acceptors (Lipinski definition) is 5. The van der Waals surface area contributed by atoms with Crippen molar-refractivity contribution in [3.63, 3.8) is 0 Å². The molecule has 3 aromatic rings. The third kappa shape index (κ3) is 2.86. The summed E-state index contributed by atoms with van der Waals surface area (Å²) in [6.45, 7) is 0. The molecule has 5 heteroatoms. The molecule has 0 saturated heterocycles. The first-order chi connectivity index (χ1) is 11.6. The van der Waals surface area contributed by atoms with Crippen LogP contribution in [0.2, 0.25) is 0 Å². The number of hydrazine groups is 1. The van der Waals surface area contributed by atoms with Crippen LogP contribution >= 0.6 is 0 Å². The topological polar surface area (TPSA) is 108 Å². The third-order valence-corrected chi connectivity index (χ3v) is 3.88. The molecule has 0 aliphatic heterocycles. The smallest absolute Gasteiger partial charge is 0.151 e. The van der Waals surface area contributed by atoms with Crippen molar-refractivity contribution in [2.75, 3.05) is 0 Å². The zero-order chi connectivity index (χ0) is 17.1. The predicted molar refractivity (Wildman–Crippen MR) is 95.1 cm³/mol. The van der Waals surface area contributed by atoms with E-state index in [2.05, 4.69) is 11.5 Å². The molecule has 0 unspecified atom stereocenters. The summed E-state index contributed by atoms with van der Waals surface area (Å²) < 4.78 is 0. The monoisotopic (exact) mass is 316 g/mol. The maximum Gasteiger partial charge on any atom is 0.151 e. The van der Waals surface area contributed by atoms with Crippen LogP contribution < -0.4 is 17.0 Å². The summed E-state index contributed by atoms with van der Waals surface area (Å²) in [4.78, 5) is 0. The lowest BCUT2D eigenvalue weighted by atomic mass is 9.99. The summed E-state index contributed by atoms with van der Waals surface area (Å²) in [5.41, 5.74) is 11.5. The lowest BCUT2D eigenvalue weighted by molar-refractivity contribution is 0.476. The number of allylic oxidation sites excluding steroid dienone is 1. The molecule has 0 aliphatic rings. The minimum absolute atomic E-state index is 0.133. The molecule has 6 N–H and O–H groups in total. The van der Waals surface area contributed by atoms with Gasteiger partial charge >= 0.3 is 0 Å². The Bertz CT molecular complexity index is 969. The Balaban J connectivity index is 1.98. The predicted octanol–water partition coefficient (Wildman–Crippen LogP) is 2.83. The van der Waals surface area contributed by atoms with Crippen LogP contribution in [0.25, 0.3) is 27.6 Å². The molecule has 0 radical (unpaired) electrons. The van der Waals surface area contributed by atoms with Gasteiger partial charge in [0.1, 0.15) is 11.8 Å². The van der Waals surface area contributed by atoms with E-state index in [-0.39, 0.29) is 11.4 Å². The molecule has 0 saturated carbocycles. The van der Waals surface area contributed by atoms with E-state index in [4.69, 9.17) is 16.8 Å². The van der Waals surface area contributed by atoms with Crippen molar-refractivity contribution in [1.29, 1.82) is 5.26 Å². The van der Waals surface area contributed by atoms with E-state index in [0.29, 0.717) is 5.70 Å². The lowest BCUT2D eigenvalue weighted by Crippen LogP contribution is -2.23. The van der Waals surface area contributed by atoms with Gasteiger partial charge in [-0.25, -0.2) is 5.84 Å². The first-order valence-electron chi connectivity index (χ1n) is 7.32. The molecule has 3 aromatic carbocycles. The van der Waals surface area contributed by atoms with Crippen molar-refractivity contribution in [3.05, 3.63) is 71.9 Å². The van der Waals surface area contributed by atoms with Crippen LogP contribution in [0.1, 0.15) is 5.56 Å². The largest absolute Gasteiger partial charge is 0.508 e. The quantitative estimate of drug-likeness (QED) is 0.337. The minimum atomic E-state index is 0.133. The Labute approximate surface area is 139 Å². The Morgan fingerprint density at radius 2 is 1.54 bits per heavy atom. The summed E-state index contributed by atoms with van der Waals surface area (Å²) in [5, 5.41) is 20.5. The lowest BCUT2D eigenvalue weighted by Gasteiger charge is -2.08. The highest BCUT2D eigenvalue weighted by Crippen LogP contribution is 2.27. The summed E-state index contributed by atoms with van der Waals surface area (Å²) in [6.07, 6.45) is 0. The van der Waals surface area contributed by atoms with Gasteiger partial charge in [0.05, 0.1) is 5.70 Å². The van der Waals surface area contributed by atoms with Crippen LogP contribution in [-0.2, 0) is 0 Å². The summed E-state index contributed by atoms with van der Waals surface area (Å²) in [5.74, 6) is 5.53. The second-order valence-electron chi connectivity index (χ2n) is 5.37. The average molecular weight is 316 g/mol. The zero-order valence-electron chi connectivity index (χ0n) is 12.8. The van der Waals surface area contributed by atoms with E-state index >= 15 is 0 Å². The van der Waals surface area contributed by atoms with Gasteiger partial charge in [-0.15, -0.1) is 0 Å². The summed E-state index contributed by atoms with van der Waals surface area (Å²) in [7, 11) is 0. The summed E-state index contributed by atoms with van der Waals surface area (Å²) in [6, 6.07) is 20.8. The van der Waals surface area contributed by atoms with E-state index in [1.807, 2.05) is 48.5 Å². The molecule has 0 heterocycles. The van der Waals surface area contributed by atoms with Crippen LogP contribution in [0.15, 0.2) is 66.4 Å². The van der Waals surface area contributed by atoms with Gasteiger partial charge in [-0.05, 0) is 40.1 Å².